The topological polar surface area (TPSA) is 46.6 Å². The molecule has 1 atom stereocenters. The van der Waals surface area contributed by atoms with Crippen LogP contribution in [-0.2, 0) is 10.0 Å². The van der Waals surface area contributed by atoms with Crippen LogP contribution in [0, 0.1) is 0 Å². The second kappa shape index (κ2) is 6.67. The van der Waals surface area contributed by atoms with Crippen LogP contribution in [0.25, 0.3) is 10.8 Å². The highest BCUT2D eigenvalue weighted by Gasteiger charge is 2.26. The van der Waals surface area contributed by atoms with E-state index in [2.05, 4.69) is 0 Å². The molecule has 0 aliphatic heterocycles. The molecule has 0 aromatic heterocycles. The third-order valence-corrected chi connectivity index (χ3v) is 6.04. The van der Waals surface area contributed by atoms with Crippen molar-refractivity contribution in [3.05, 3.63) is 36.4 Å². The lowest BCUT2D eigenvalue weighted by Gasteiger charge is -2.24. The van der Waals surface area contributed by atoms with E-state index in [4.69, 9.17) is 4.74 Å². The molecule has 0 bridgehead atoms. The first-order valence-electron chi connectivity index (χ1n) is 7.56. The van der Waals surface area contributed by atoms with E-state index in [0.29, 0.717) is 22.6 Å². The molecule has 2 aromatic rings. The number of benzene rings is 2. The maximum atomic E-state index is 12.9. The zero-order valence-electron chi connectivity index (χ0n) is 13.5. The summed E-state index contributed by atoms with van der Waals surface area (Å²) in [6.45, 7) is 6.35. The van der Waals surface area contributed by atoms with Gasteiger partial charge in [0.05, 0.1) is 11.5 Å². The maximum Gasteiger partial charge on any atom is 0.243 e. The molecule has 1 unspecified atom stereocenters. The standard InChI is InChI=1S/C17H23NO3S/c1-5-13(3)18(4)22(19,20)17-12-11-16(21-6-2)14-9-7-8-10-15(14)17/h7-13H,5-6H2,1-4H3. The Hall–Kier alpha value is -1.59. The van der Waals surface area contributed by atoms with Crippen molar-refractivity contribution in [2.24, 2.45) is 0 Å². The first-order valence-corrected chi connectivity index (χ1v) is 9.00. The van der Waals surface area contributed by atoms with E-state index in [1.54, 1.807) is 19.2 Å². The Morgan fingerprint density at radius 2 is 1.73 bits per heavy atom. The number of nitrogens with zero attached hydrogens (tertiary/aromatic N) is 1. The number of sulfonamides is 1. The van der Waals surface area contributed by atoms with Gasteiger partial charge in [-0.05, 0) is 32.4 Å². The first-order chi connectivity index (χ1) is 10.4. The van der Waals surface area contributed by atoms with Crippen LogP contribution < -0.4 is 4.74 Å². The van der Waals surface area contributed by atoms with Crippen LogP contribution >= 0.6 is 0 Å². The van der Waals surface area contributed by atoms with E-state index >= 15 is 0 Å². The van der Waals surface area contributed by atoms with Gasteiger partial charge < -0.3 is 4.74 Å². The van der Waals surface area contributed by atoms with Crippen LogP contribution in [0.4, 0.5) is 0 Å². The lowest BCUT2D eigenvalue weighted by atomic mass is 10.1. The molecule has 0 N–H and O–H groups in total. The summed E-state index contributed by atoms with van der Waals surface area (Å²) >= 11 is 0. The molecule has 0 fully saturated rings. The van der Waals surface area contributed by atoms with Crippen molar-refractivity contribution < 1.29 is 13.2 Å². The maximum absolute atomic E-state index is 12.9. The van der Waals surface area contributed by atoms with Crippen LogP contribution in [0.1, 0.15) is 27.2 Å². The molecule has 0 amide bonds. The summed E-state index contributed by atoms with van der Waals surface area (Å²) in [5.41, 5.74) is 0. The van der Waals surface area contributed by atoms with E-state index in [1.807, 2.05) is 45.0 Å². The average molecular weight is 321 g/mol. The average Bonchev–Trinajstić information content (AvgIpc) is 2.53. The number of ether oxygens (including phenoxy) is 1. The molecule has 0 spiro atoms. The van der Waals surface area contributed by atoms with Gasteiger partial charge >= 0.3 is 0 Å². The van der Waals surface area contributed by atoms with E-state index in [0.717, 1.165) is 11.8 Å². The van der Waals surface area contributed by atoms with Gasteiger partial charge in [-0.1, -0.05) is 31.2 Å². The minimum Gasteiger partial charge on any atom is -0.493 e. The summed E-state index contributed by atoms with van der Waals surface area (Å²) in [4.78, 5) is 0.328. The molecule has 0 saturated carbocycles. The lowest BCUT2D eigenvalue weighted by Crippen LogP contribution is -2.34. The van der Waals surface area contributed by atoms with Gasteiger partial charge in [-0.25, -0.2) is 8.42 Å². The summed E-state index contributed by atoms with van der Waals surface area (Å²) in [7, 11) is -1.90. The smallest absolute Gasteiger partial charge is 0.243 e. The molecular weight excluding hydrogens is 298 g/mol. The molecule has 0 radical (unpaired) electrons. The molecule has 22 heavy (non-hydrogen) atoms. The van der Waals surface area contributed by atoms with Crippen molar-refractivity contribution in [2.45, 2.75) is 38.1 Å². The Bertz CT molecular complexity index is 756. The summed E-state index contributed by atoms with van der Waals surface area (Å²) in [5.74, 6) is 0.711. The predicted molar refractivity (Wildman–Crippen MR) is 89.8 cm³/mol. The number of hydrogen-bond acceptors (Lipinski definition) is 3. The number of fused-ring (bicyclic) bond motifs is 1. The fraction of sp³-hybridized carbons (Fsp3) is 0.412. The zero-order valence-corrected chi connectivity index (χ0v) is 14.4. The Labute approximate surface area is 132 Å². The molecule has 2 rings (SSSR count). The van der Waals surface area contributed by atoms with E-state index < -0.39 is 10.0 Å². The van der Waals surface area contributed by atoms with Crippen molar-refractivity contribution in [1.29, 1.82) is 0 Å². The highest BCUT2D eigenvalue weighted by atomic mass is 32.2. The molecule has 5 heteroatoms. The SMILES string of the molecule is CCOc1ccc(S(=O)(=O)N(C)C(C)CC)c2ccccc12. The Balaban J connectivity index is 2.64. The fourth-order valence-electron chi connectivity index (χ4n) is 2.40. The molecule has 0 aliphatic rings. The van der Waals surface area contributed by atoms with Gasteiger partial charge in [0, 0.05) is 23.9 Å². The second-order valence-corrected chi connectivity index (χ2v) is 7.28. The molecule has 0 aliphatic carbocycles. The molecular formula is C17H23NO3S. The van der Waals surface area contributed by atoms with E-state index in [1.165, 1.54) is 4.31 Å². The zero-order chi connectivity index (χ0) is 16.3. The van der Waals surface area contributed by atoms with Crippen molar-refractivity contribution in [1.82, 2.24) is 4.31 Å². The van der Waals surface area contributed by atoms with Gasteiger partial charge in [-0.2, -0.15) is 4.31 Å². The quantitative estimate of drug-likeness (QED) is 0.816. The molecule has 0 heterocycles. The number of hydrogen-bond donors (Lipinski definition) is 0. The van der Waals surface area contributed by atoms with Crippen LogP contribution in [0.15, 0.2) is 41.3 Å². The normalized spacial score (nSPS) is 13.5. The minimum absolute atomic E-state index is 0.0460. The number of rotatable bonds is 6. The van der Waals surface area contributed by atoms with Crippen molar-refractivity contribution in [2.75, 3.05) is 13.7 Å². The highest BCUT2D eigenvalue weighted by molar-refractivity contribution is 7.89. The van der Waals surface area contributed by atoms with Crippen molar-refractivity contribution >= 4 is 20.8 Å². The Kier molecular flexibility index (Phi) is 5.08. The predicted octanol–water partition coefficient (Wildman–Crippen LogP) is 3.66. The fourth-order valence-corrected chi connectivity index (χ4v) is 4.03. The third kappa shape index (κ3) is 2.96. The van der Waals surface area contributed by atoms with Crippen molar-refractivity contribution in [3.63, 3.8) is 0 Å². The summed E-state index contributed by atoms with van der Waals surface area (Å²) in [6, 6.07) is 10.8. The van der Waals surface area contributed by atoms with Crippen LogP contribution in [0.5, 0.6) is 5.75 Å². The Morgan fingerprint density at radius 3 is 2.32 bits per heavy atom. The molecule has 0 saturated heterocycles. The molecule has 120 valence electrons. The second-order valence-electron chi connectivity index (χ2n) is 5.32. The van der Waals surface area contributed by atoms with Crippen molar-refractivity contribution in [3.8, 4) is 5.75 Å². The van der Waals surface area contributed by atoms with Gasteiger partial charge in [-0.3, -0.25) is 0 Å². The highest BCUT2D eigenvalue weighted by Crippen LogP contribution is 2.32. The van der Waals surface area contributed by atoms with Crippen LogP contribution in [0.2, 0.25) is 0 Å². The lowest BCUT2D eigenvalue weighted by molar-refractivity contribution is 0.344. The van der Waals surface area contributed by atoms with Gasteiger partial charge in [0.2, 0.25) is 10.0 Å². The van der Waals surface area contributed by atoms with Crippen LogP contribution in [-0.4, -0.2) is 32.4 Å². The summed E-state index contributed by atoms with van der Waals surface area (Å²) in [5, 5.41) is 1.52. The first kappa shape index (κ1) is 16.8. The largest absolute Gasteiger partial charge is 0.493 e. The third-order valence-electron chi connectivity index (χ3n) is 4.01. The van der Waals surface area contributed by atoms with E-state index in [-0.39, 0.29) is 6.04 Å². The molecule has 2 aromatic carbocycles. The van der Waals surface area contributed by atoms with Gasteiger partial charge in [0.15, 0.2) is 0 Å². The van der Waals surface area contributed by atoms with Gasteiger partial charge in [0.25, 0.3) is 0 Å². The Morgan fingerprint density at radius 1 is 1.09 bits per heavy atom. The summed E-state index contributed by atoms with van der Waals surface area (Å²) in [6.07, 6.45) is 0.769. The van der Waals surface area contributed by atoms with Gasteiger partial charge in [0.1, 0.15) is 5.75 Å². The minimum atomic E-state index is -3.53. The monoisotopic (exact) mass is 321 g/mol. The summed E-state index contributed by atoms with van der Waals surface area (Å²) < 4.78 is 32.8. The molecule has 4 nitrogen and oxygen atoms in total. The van der Waals surface area contributed by atoms with Crippen LogP contribution in [0.3, 0.4) is 0 Å². The van der Waals surface area contributed by atoms with E-state index in [9.17, 15) is 8.42 Å². The van der Waals surface area contributed by atoms with Gasteiger partial charge in [-0.15, -0.1) is 0 Å².